The Bertz CT molecular complexity index is 680. The normalized spacial score (nSPS) is 24.2. The summed E-state index contributed by atoms with van der Waals surface area (Å²) < 4.78 is 46.0. The van der Waals surface area contributed by atoms with Gasteiger partial charge >= 0.3 is 18.3 Å². The third-order valence-electron chi connectivity index (χ3n) is 3.85. The smallest absolute Gasteiger partial charge is 0.414 e. The van der Waals surface area contributed by atoms with Crippen LogP contribution in [0.15, 0.2) is 24.3 Å². The van der Waals surface area contributed by atoms with Crippen molar-refractivity contribution < 1.29 is 47.6 Å². The molecule has 2 aliphatic heterocycles. The van der Waals surface area contributed by atoms with Crippen molar-refractivity contribution in [2.45, 2.75) is 12.4 Å². The van der Waals surface area contributed by atoms with Crippen molar-refractivity contribution in [2.75, 3.05) is 36.0 Å². The van der Waals surface area contributed by atoms with Gasteiger partial charge in [-0.05, 0) is 24.3 Å². The zero-order chi connectivity index (χ0) is 18.9. The molecule has 0 saturated carbocycles. The van der Waals surface area contributed by atoms with Gasteiger partial charge in [0.1, 0.15) is 10.4 Å². The average molecular weight is 390 g/mol. The predicted molar refractivity (Wildman–Crippen MR) is 76.3 cm³/mol. The van der Waals surface area contributed by atoms with E-state index in [0.717, 1.165) is 0 Å². The molecule has 2 heterocycles. The number of ether oxygens (including phenoxy) is 2. The number of anilines is 2. The predicted octanol–water partition coefficient (Wildman–Crippen LogP) is -3.43. The van der Waals surface area contributed by atoms with E-state index < -0.39 is 28.5 Å². The molecule has 1 aromatic carbocycles. The molecule has 2 aliphatic rings. The molecule has 2 amide bonds. The van der Waals surface area contributed by atoms with E-state index >= 15 is 0 Å². The Labute approximate surface area is 150 Å². The van der Waals surface area contributed by atoms with Crippen LogP contribution >= 0.6 is 0 Å². The van der Waals surface area contributed by atoms with E-state index in [1.165, 1.54) is 9.80 Å². The SMILES string of the molecule is NC[C@H]1CN(c2ccc(N3CCOC(O[Cl+3]([O-])([O-])[O-])C3=O)cc2)C(=O)O1. The molecule has 3 rings (SSSR count). The summed E-state index contributed by atoms with van der Waals surface area (Å²) in [6, 6.07) is 6.36. The standard InChI is InChI=1S/C14H16ClN3O8/c16-7-11-8-18(14(20)25-11)10-3-1-9(2-4-10)17-5-6-24-13(12(17)19)26-15(21,22)23/h1-4,11,13H,5-8,16H2/t11-,13?/m0/s1. The van der Waals surface area contributed by atoms with Crippen LogP contribution in [0, 0.1) is 10.2 Å². The van der Waals surface area contributed by atoms with Crippen molar-refractivity contribution in [3.05, 3.63) is 24.3 Å². The molecule has 0 spiro atoms. The fraction of sp³-hybridized carbons (Fsp3) is 0.429. The highest BCUT2D eigenvalue weighted by atomic mass is 35.7. The number of halogens is 1. The molecule has 2 fully saturated rings. The van der Waals surface area contributed by atoms with E-state index in [1.807, 2.05) is 0 Å². The van der Waals surface area contributed by atoms with Crippen molar-refractivity contribution in [2.24, 2.45) is 5.73 Å². The Morgan fingerprint density at radius 3 is 2.31 bits per heavy atom. The Hall–Kier alpha value is -1.99. The lowest BCUT2D eigenvalue weighted by Crippen LogP contribution is -2.65. The van der Waals surface area contributed by atoms with E-state index in [-0.39, 0.29) is 25.8 Å². The number of hydrogen-bond acceptors (Lipinski definition) is 9. The highest BCUT2D eigenvalue weighted by molar-refractivity contribution is 5.97. The van der Waals surface area contributed by atoms with Gasteiger partial charge in [-0.1, -0.05) is 0 Å². The van der Waals surface area contributed by atoms with Crippen LogP contribution in [0.2, 0.25) is 0 Å². The largest absolute Gasteiger partial charge is 0.443 e. The van der Waals surface area contributed by atoms with Gasteiger partial charge in [-0.3, -0.25) is 9.69 Å². The molecule has 2 saturated heterocycles. The molecule has 0 radical (unpaired) electrons. The fourth-order valence-electron chi connectivity index (χ4n) is 2.65. The molecule has 0 aromatic heterocycles. The first-order valence-corrected chi connectivity index (χ1v) is 8.82. The summed E-state index contributed by atoms with van der Waals surface area (Å²) in [6.07, 6.45) is -2.72. The number of amides is 2. The Kier molecular flexibility index (Phi) is 5.29. The summed E-state index contributed by atoms with van der Waals surface area (Å²) in [4.78, 5) is 26.7. The Balaban J connectivity index is 1.72. The third-order valence-corrected chi connectivity index (χ3v) is 4.23. The van der Waals surface area contributed by atoms with Crippen molar-refractivity contribution in [1.29, 1.82) is 0 Å². The lowest BCUT2D eigenvalue weighted by atomic mass is 10.2. The highest BCUT2D eigenvalue weighted by Gasteiger charge is 2.42. The molecule has 0 aliphatic carbocycles. The molecule has 2 N–H and O–H groups in total. The van der Waals surface area contributed by atoms with Gasteiger partial charge in [0, 0.05) is 24.5 Å². The summed E-state index contributed by atoms with van der Waals surface area (Å²) >= 11 is 0. The minimum Gasteiger partial charge on any atom is -0.443 e. The third kappa shape index (κ3) is 4.04. The number of nitrogens with two attached hydrogens (primary N) is 1. The maximum Gasteiger partial charge on any atom is 0.414 e. The second-order valence-corrected chi connectivity index (χ2v) is 6.46. The summed E-state index contributed by atoms with van der Waals surface area (Å²) in [6.45, 7) is 0.669. The number of cyclic esters (lactones) is 1. The molecule has 1 aromatic rings. The van der Waals surface area contributed by atoms with Crippen LogP contribution < -0.4 is 29.5 Å². The minimum atomic E-state index is -4.80. The molecule has 11 nitrogen and oxygen atoms in total. The topological polar surface area (TPSA) is 164 Å². The number of nitrogens with zero attached hydrogens (tertiary/aromatic N) is 2. The van der Waals surface area contributed by atoms with E-state index in [9.17, 15) is 23.6 Å². The van der Waals surface area contributed by atoms with E-state index in [1.54, 1.807) is 24.3 Å². The number of hydrogen-bond donors (Lipinski definition) is 1. The summed E-state index contributed by atoms with van der Waals surface area (Å²) in [5.41, 5.74) is 6.48. The van der Waals surface area contributed by atoms with Crippen molar-refractivity contribution >= 4 is 23.4 Å². The maximum atomic E-state index is 12.2. The van der Waals surface area contributed by atoms with Crippen LogP contribution in [0.5, 0.6) is 0 Å². The van der Waals surface area contributed by atoms with Crippen molar-refractivity contribution in [3.8, 4) is 0 Å². The molecule has 12 heteroatoms. The van der Waals surface area contributed by atoms with E-state index in [0.29, 0.717) is 17.9 Å². The number of carbonyl (C=O) groups excluding carboxylic acids is 2. The average Bonchev–Trinajstić information content (AvgIpc) is 2.97. The number of morpholine rings is 1. The molecule has 1 unspecified atom stereocenters. The maximum absolute atomic E-state index is 12.2. The fourth-order valence-corrected chi connectivity index (χ4v) is 2.97. The van der Waals surface area contributed by atoms with Crippen LogP contribution in [-0.4, -0.2) is 50.6 Å². The zero-order valence-corrected chi connectivity index (χ0v) is 14.2. The highest BCUT2D eigenvalue weighted by Crippen LogP contribution is 2.26. The van der Waals surface area contributed by atoms with E-state index in [4.69, 9.17) is 15.2 Å². The van der Waals surface area contributed by atoms with Gasteiger partial charge in [-0.25, -0.2) is 4.79 Å². The Morgan fingerprint density at radius 1 is 1.15 bits per heavy atom. The van der Waals surface area contributed by atoms with Gasteiger partial charge in [0.25, 0.3) is 0 Å². The lowest BCUT2D eigenvalue weighted by molar-refractivity contribution is -1.92. The van der Waals surface area contributed by atoms with Crippen LogP contribution in [0.4, 0.5) is 16.2 Å². The van der Waals surface area contributed by atoms with Crippen molar-refractivity contribution in [3.63, 3.8) is 0 Å². The Morgan fingerprint density at radius 2 is 1.77 bits per heavy atom. The van der Waals surface area contributed by atoms with Gasteiger partial charge in [0.05, 0.1) is 23.4 Å². The van der Waals surface area contributed by atoms with Crippen LogP contribution in [-0.2, 0) is 18.6 Å². The first kappa shape index (κ1) is 18.8. The van der Waals surface area contributed by atoms with Gasteiger partial charge in [-0.2, -0.15) is 14.0 Å². The van der Waals surface area contributed by atoms with Crippen molar-refractivity contribution in [1.82, 2.24) is 0 Å². The monoisotopic (exact) mass is 389 g/mol. The minimum absolute atomic E-state index is 0.0141. The number of rotatable bonds is 5. The van der Waals surface area contributed by atoms with Gasteiger partial charge < -0.3 is 20.1 Å². The molecule has 26 heavy (non-hydrogen) atoms. The second-order valence-electron chi connectivity index (χ2n) is 5.53. The van der Waals surface area contributed by atoms with E-state index in [2.05, 4.69) is 4.29 Å². The summed E-state index contributed by atoms with van der Waals surface area (Å²) in [7, 11) is -4.80. The van der Waals surface area contributed by atoms with Crippen LogP contribution in [0.3, 0.4) is 0 Å². The molecular formula is C14H16ClN3O8. The molecule has 2 atom stereocenters. The quantitative estimate of drug-likeness (QED) is 0.539. The van der Waals surface area contributed by atoms with Gasteiger partial charge in [0.15, 0.2) is 0 Å². The zero-order valence-electron chi connectivity index (χ0n) is 13.4. The van der Waals surface area contributed by atoms with Crippen LogP contribution in [0.25, 0.3) is 0 Å². The van der Waals surface area contributed by atoms with Gasteiger partial charge in [-0.15, -0.1) is 0 Å². The number of benzene rings is 1. The first-order valence-electron chi connectivity index (χ1n) is 7.59. The number of carbonyl (C=O) groups is 2. The summed E-state index contributed by atoms with van der Waals surface area (Å²) in [5.74, 6) is -0.820. The second kappa shape index (κ2) is 7.32. The molecule has 0 bridgehead atoms. The van der Waals surface area contributed by atoms with Crippen LogP contribution in [0.1, 0.15) is 0 Å². The molecule has 142 valence electrons. The first-order chi connectivity index (χ1) is 12.3. The molecular weight excluding hydrogens is 374 g/mol. The summed E-state index contributed by atoms with van der Waals surface area (Å²) in [5, 5.41) is 0. The van der Waals surface area contributed by atoms with Gasteiger partial charge in [0.2, 0.25) is 0 Å². The lowest BCUT2D eigenvalue weighted by Gasteiger charge is -2.30.